The molecule has 0 aliphatic rings. The van der Waals surface area contributed by atoms with E-state index >= 15 is 0 Å². The highest BCUT2D eigenvalue weighted by Gasteiger charge is 2.31. The van der Waals surface area contributed by atoms with Crippen LogP contribution in [0.15, 0.2) is 36.8 Å². The molecule has 0 saturated carbocycles. The van der Waals surface area contributed by atoms with Crippen LogP contribution in [0.2, 0.25) is 0 Å². The first-order valence-electron chi connectivity index (χ1n) is 10.1. The lowest BCUT2D eigenvalue weighted by molar-refractivity contribution is -0.274. The Labute approximate surface area is 178 Å². The number of H-pyrrole nitrogens is 1. The highest BCUT2D eigenvalue weighted by atomic mass is 19.4. The number of primary amides is 1. The van der Waals surface area contributed by atoms with Crippen molar-refractivity contribution in [2.75, 3.05) is 0 Å². The van der Waals surface area contributed by atoms with Crippen LogP contribution in [0.4, 0.5) is 13.2 Å². The third kappa shape index (κ3) is 5.28. The van der Waals surface area contributed by atoms with Gasteiger partial charge in [0.15, 0.2) is 0 Å². The number of benzene rings is 1. The number of aromatic amines is 1. The molecule has 31 heavy (non-hydrogen) atoms. The lowest BCUT2D eigenvalue weighted by Crippen LogP contribution is -2.17. The van der Waals surface area contributed by atoms with Gasteiger partial charge in [-0.3, -0.25) is 4.79 Å². The molecule has 3 N–H and O–H groups in total. The molecule has 1 aromatic carbocycles. The third-order valence-electron chi connectivity index (χ3n) is 5.16. The monoisotopic (exact) mass is 434 g/mol. The molecule has 0 bridgehead atoms. The van der Waals surface area contributed by atoms with E-state index in [0.29, 0.717) is 41.8 Å². The summed E-state index contributed by atoms with van der Waals surface area (Å²) in [5.41, 5.74) is 9.57. The van der Waals surface area contributed by atoms with Crippen LogP contribution in [-0.4, -0.2) is 26.8 Å². The SMILES string of the molecule is CCCCc1c(-c2cccc(OC(F)(F)F)c2)c(C(N)=O)c(C)n1CCc1cnc[nH]1. The lowest BCUT2D eigenvalue weighted by atomic mass is 9.97. The number of alkyl halides is 3. The fraction of sp³-hybridized carbons (Fsp3) is 0.364. The molecule has 0 fully saturated rings. The fourth-order valence-corrected chi connectivity index (χ4v) is 3.82. The minimum Gasteiger partial charge on any atom is -0.406 e. The molecule has 6 nitrogen and oxygen atoms in total. The number of nitrogens with zero attached hydrogens (tertiary/aromatic N) is 2. The van der Waals surface area contributed by atoms with Gasteiger partial charge in [0, 0.05) is 41.8 Å². The van der Waals surface area contributed by atoms with Crippen molar-refractivity contribution in [1.29, 1.82) is 0 Å². The van der Waals surface area contributed by atoms with Crippen molar-refractivity contribution in [3.63, 3.8) is 0 Å². The predicted octanol–water partition coefficient (Wildman–Crippen LogP) is 4.77. The number of ether oxygens (including phenoxy) is 1. The minimum absolute atomic E-state index is 0.319. The Morgan fingerprint density at radius 3 is 2.68 bits per heavy atom. The molecule has 0 atom stereocenters. The van der Waals surface area contributed by atoms with Crippen LogP contribution in [0.5, 0.6) is 5.75 Å². The molecule has 0 unspecified atom stereocenters. The average Bonchev–Trinajstić information content (AvgIpc) is 3.29. The summed E-state index contributed by atoms with van der Waals surface area (Å²) in [5, 5.41) is 0. The van der Waals surface area contributed by atoms with Crippen LogP contribution in [-0.2, 0) is 19.4 Å². The van der Waals surface area contributed by atoms with E-state index in [4.69, 9.17) is 5.73 Å². The number of hydrogen-bond donors (Lipinski definition) is 2. The van der Waals surface area contributed by atoms with E-state index in [1.165, 1.54) is 18.2 Å². The highest BCUT2D eigenvalue weighted by Crippen LogP contribution is 2.36. The van der Waals surface area contributed by atoms with Gasteiger partial charge in [0.05, 0.1) is 11.9 Å². The first-order valence-corrected chi connectivity index (χ1v) is 10.1. The summed E-state index contributed by atoms with van der Waals surface area (Å²) in [6.45, 7) is 4.44. The fourth-order valence-electron chi connectivity index (χ4n) is 3.82. The maximum Gasteiger partial charge on any atom is 0.573 e. The molecule has 2 heterocycles. The number of halogens is 3. The Hall–Kier alpha value is -3.23. The van der Waals surface area contributed by atoms with E-state index in [1.54, 1.807) is 18.6 Å². The number of unbranched alkanes of at least 4 members (excludes halogenated alkanes) is 1. The lowest BCUT2D eigenvalue weighted by Gasteiger charge is -2.14. The molecule has 3 aromatic rings. The van der Waals surface area contributed by atoms with Crippen molar-refractivity contribution in [2.45, 2.75) is 52.4 Å². The average molecular weight is 434 g/mol. The van der Waals surface area contributed by atoms with Crippen LogP contribution >= 0.6 is 0 Å². The number of aromatic nitrogens is 3. The van der Waals surface area contributed by atoms with Crippen LogP contribution in [0.25, 0.3) is 11.1 Å². The quantitative estimate of drug-likeness (QED) is 0.509. The van der Waals surface area contributed by atoms with E-state index in [0.717, 1.165) is 24.2 Å². The summed E-state index contributed by atoms with van der Waals surface area (Å²) in [5.74, 6) is -0.961. The largest absolute Gasteiger partial charge is 0.573 e. The first-order chi connectivity index (χ1) is 14.7. The number of amides is 1. The molecule has 2 aromatic heterocycles. The van der Waals surface area contributed by atoms with E-state index in [9.17, 15) is 18.0 Å². The number of carbonyl (C=O) groups is 1. The normalized spacial score (nSPS) is 11.6. The molecule has 0 aliphatic carbocycles. The predicted molar refractivity (Wildman–Crippen MR) is 111 cm³/mol. The van der Waals surface area contributed by atoms with E-state index in [1.807, 2.05) is 11.5 Å². The molecular formula is C22H25F3N4O2. The Balaban J connectivity index is 2.12. The van der Waals surface area contributed by atoms with Crippen LogP contribution in [0.1, 0.15) is 47.2 Å². The van der Waals surface area contributed by atoms with E-state index in [2.05, 4.69) is 21.6 Å². The standard InChI is InChI=1S/C22H25F3N4O2/c1-3-4-8-18-20(15-6-5-7-17(11-15)31-22(23,24)25)19(21(26)30)14(2)29(18)10-9-16-12-27-13-28-16/h5-7,11-13H,3-4,8-10H2,1-2H3,(H2,26,30)(H,27,28). The molecule has 166 valence electrons. The highest BCUT2D eigenvalue weighted by molar-refractivity contribution is 6.02. The zero-order valence-corrected chi connectivity index (χ0v) is 17.4. The number of rotatable bonds is 9. The second kappa shape index (κ2) is 9.28. The zero-order chi connectivity index (χ0) is 22.6. The summed E-state index contributed by atoms with van der Waals surface area (Å²) in [7, 11) is 0. The second-order valence-electron chi connectivity index (χ2n) is 7.30. The second-order valence-corrected chi connectivity index (χ2v) is 7.30. The molecule has 1 amide bonds. The molecule has 3 rings (SSSR count). The number of imidazole rings is 1. The van der Waals surface area contributed by atoms with Crippen molar-refractivity contribution >= 4 is 5.91 Å². The molecule has 0 aliphatic heterocycles. The van der Waals surface area contributed by atoms with Crippen molar-refractivity contribution in [1.82, 2.24) is 14.5 Å². The summed E-state index contributed by atoms with van der Waals surface area (Å²) in [4.78, 5) is 19.5. The number of nitrogens with one attached hydrogen (secondary N) is 1. The van der Waals surface area contributed by atoms with E-state index < -0.39 is 12.3 Å². The Morgan fingerprint density at radius 1 is 1.29 bits per heavy atom. The van der Waals surface area contributed by atoms with Crippen molar-refractivity contribution in [3.8, 4) is 16.9 Å². The van der Waals surface area contributed by atoms with Gasteiger partial charge in [0.2, 0.25) is 0 Å². The summed E-state index contributed by atoms with van der Waals surface area (Å²) >= 11 is 0. The van der Waals surface area contributed by atoms with Gasteiger partial charge in [-0.25, -0.2) is 4.98 Å². The topological polar surface area (TPSA) is 85.9 Å². The molecule has 0 saturated heterocycles. The zero-order valence-electron chi connectivity index (χ0n) is 17.4. The van der Waals surface area contributed by atoms with Gasteiger partial charge >= 0.3 is 6.36 Å². The Kier molecular flexibility index (Phi) is 6.72. The number of carbonyl (C=O) groups excluding carboxylic acids is 1. The molecule has 0 spiro atoms. The molecular weight excluding hydrogens is 409 g/mol. The van der Waals surface area contributed by atoms with Crippen LogP contribution in [0, 0.1) is 6.92 Å². The van der Waals surface area contributed by atoms with Gasteiger partial charge in [-0.2, -0.15) is 0 Å². The number of aryl methyl sites for hydroxylation is 1. The van der Waals surface area contributed by atoms with Gasteiger partial charge in [-0.1, -0.05) is 25.5 Å². The van der Waals surface area contributed by atoms with Crippen LogP contribution in [0.3, 0.4) is 0 Å². The van der Waals surface area contributed by atoms with Crippen molar-refractivity contribution in [2.24, 2.45) is 5.73 Å². The maximum absolute atomic E-state index is 12.7. The Morgan fingerprint density at radius 2 is 2.06 bits per heavy atom. The molecule has 9 heteroatoms. The smallest absolute Gasteiger partial charge is 0.406 e. The molecule has 0 radical (unpaired) electrons. The Bertz CT molecular complexity index is 1040. The summed E-state index contributed by atoms with van der Waals surface area (Å²) in [6.07, 6.45) is 1.63. The van der Waals surface area contributed by atoms with Gasteiger partial charge in [-0.05, 0) is 37.5 Å². The summed E-state index contributed by atoms with van der Waals surface area (Å²) in [6, 6.07) is 5.67. The third-order valence-corrected chi connectivity index (χ3v) is 5.16. The summed E-state index contributed by atoms with van der Waals surface area (Å²) < 4.78 is 44.3. The van der Waals surface area contributed by atoms with Crippen LogP contribution < -0.4 is 10.5 Å². The van der Waals surface area contributed by atoms with Gasteiger partial charge in [-0.15, -0.1) is 13.2 Å². The van der Waals surface area contributed by atoms with Crippen molar-refractivity contribution in [3.05, 3.63) is 59.4 Å². The van der Waals surface area contributed by atoms with Gasteiger partial charge < -0.3 is 20.0 Å². The van der Waals surface area contributed by atoms with Gasteiger partial charge in [0.1, 0.15) is 5.75 Å². The number of nitrogens with two attached hydrogens (primary N) is 1. The van der Waals surface area contributed by atoms with Crippen molar-refractivity contribution < 1.29 is 22.7 Å². The first kappa shape index (κ1) is 22.5. The van der Waals surface area contributed by atoms with Gasteiger partial charge in [0.25, 0.3) is 5.91 Å². The minimum atomic E-state index is -4.80. The maximum atomic E-state index is 12.7. The number of hydrogen-bond acceptors (Lipinski definition) is 3. The van der Waals surface area contributed by atoms with E-state index in [-0.39, 0.29) is 5.75 Å².